The summed E-state index contributed by atoms with van der Waals surface area (Å²) in [5.41, 5.74) is 7.31. The van der Waals surface area contributed by atoms with Crippen molar-refractivity contribution in [3.63, 3.8) is 0 Å². The standard InChI is InChI=1S/C13H10ClN3OS/c14-11-5-9(6-15)1-2-10(11)8-19(18)13-3-4-17-7-12(13)16/h1-5,7H,8,16H2. The van der Waals surface area contributed by atoms with Gasteiger partial charge in [-0.15, -0.1) is 0 Å². The van der Waals surface area contributed by atoms with E-state index in [1.165, 1.54) is 6.20 Å². The van der Waals surface area contributed by atoms with Gasteiger partial charge in [-0.05, 0) is 23.8 Å². The number of halogens is 1. The quantitative estimate of drug-likeness (QED) is 0.942. The summed E-state index contributed by atoms with van der Waals surface area (Å²) in [5, 5.41) is 9.19. The van der Waals surface area contributed by atoms with Gasteiger partial charge in [-0.1, -0.05) is 17.7 Å². The highest BCUT2D eigenvalue weighted by Crippen LogP contribution is 2.23. The Morgan fingerprint density at radius 3 is 2.84 bits per heavy atom. The van der Waals surface area contributed by atoms with Crippen LogP contribution in [0.4, 0.5) is 5.69 Å². The Balaban J connectivity index is 2.25. The number of nitrogens with two attached hydrogens (primary N) is 1. The van der Waals surface area contributed by atoms with Gasteiger partial charge in [-0.25, -0.2) is 0 Å². The smallest absolute Gasteiger partial charge is 0.0992 e. The SMILES string of the molecule is N#Cc1ccc(CS(=O)c2ccncc2N)c(Cl)c1. The minimum absolute atomic E-state index is 0.249. The van der Waals surface area contributed by atoms with E-state index < -0.39 is 10.8 Å². The van der Waals surface area contributed by atoms with Crippen LogP contribution in [0.3, 0.4) is 0 Å². The summed E-state index contributed by atoms with van der Waals surface area (Å²) < 4.78 is 12.2. The number of benzene rings is 1. The summed E-state index contributed by atoms with van der Waals surface area (Å²) in [4.78, 5) is 4.39. The molecule has 0 aliphatic carbocycles. The molecule has 0 spiro atoms. The molecular weight excluding hydrogens is 282 g/mol. The van der Waals surface area contributed by atoms with Gasteiger partial charge in [0, 0.05) is 11.2 Å². The van der Waals surface area contributed by atoms with Gasteiger partial charge in [0.15, 0.2) is 0 Å². The molecule has 1 atom stereocenters. The molecule has 0 saturated carbocycles. The number of nitrogen functional groups attached to an aromatic ring is 1. The average molecular weight is 292 g/mol. The van der Waals surface area contributed by atoms with E-state index in [1.807, 2.05) is 6.07 Å². The van der Waals surface area contributed by atoms with Crippen molar-refractivity contribution in [3.05, 3.63) is 52.8 Å². The second kappa shape index (κ2) is 5.83. The van der Waals surface area contributed by atoms with Gasteiger partial charge in [0.2, 0.25) is 0 Å². The van der Waals surface area contributed by atoms with E-state index in [-0.39, 0.29) is 5.75 Å². The molecular formula is C13H10ClN3OS. The molecule has 0 fully saturated rings. The van der Waals surface area contributed by atoms with Crippen LogP contribution in [-0.2, 0) is 16.6 Å². The van der Waals surface area contributed by atoms with Crippen LogP contribution in [0.2, 0.25) is 5.02 Å². The largest absolute Gasteiger partial charge is 0.396 e. The van der Waals surface area contributed by atoms with Crippen LogP contribution in [0.5, 0.6) is 0 Å². The molecule has 4 nitrogen and oxygen atoms in total. The third kappa shape index (κ3) is 3.11. The number of anilines is 1. The molecule has 2 rings (SSSR count). The molecule has 1 heterocycles. The fourth-order valence-electron chi connectivity index (χ4n) is 1.55. The number of nitriles is 1. The lowest BCUT2D eigenvalue weighted by atomic mass is 10.2. The number of aromatic nitrogens is 1. The first-order valence-corrected chi connectivity index (χ1v) is 7.08. The number of nitrogens with zero attached hydrogens (tertiary/aromatic N) is 2. The van der Waals surface area contributed by atoms with E-state index in [1.54, 1.807) is 30.5 Å². The molecule has 1 unspecified atom stereocenters. The maximum absolute atomic E-state index is 12.2. The van der Waals surface area contributed by atoms with Crippen molar-refractivity contribution in [2.24, 2.45) is 0 Å². The fraction of sp³-hybridized carbons (Fsp3) is 0.0769. The first-order chi connectivity index (χ1) is 9.11. The zero-order chi connectivity index (χ0) is 13.8. The molecule has 2 N–H and O–H groups in total. The van der Waals surface area contributed by atoms with Crippen molar-refractivity contribution < 1.29 is 4.21 Å². The lowest BCUT2D eigenvalue weighted by Crippen LogP contribution is -2.02. The van der Waals surface area contributed by atoms with E-state index in [0.29, 0.717) is 21.2 Å². The van der Waals surface area contributed by atoms with E-state index in [2.05, 4.69) is 4.98 Å². The van der Waals surface area contributed by atoms with Crippen molar-refractivity contribution in [1.29, 1.82) is 5.26 Å². The van der Waals surface area contributed by atoms with Crippen LogP contribution in [0, 0.1) is 11.3 Å². The highest BCUT2D eigenvalue weighted by atomic mass is 35.5. The van der Waals surface area contributed by atoms with Gasteiger partial charge in [0.1, 0.15) is 0 Å². The Morgan fingerprint density at radius 1 is 1.42 bits per heavy atom. The van der Waals surface area contributed by atoms with E-state index in [9.17, 15) is 4.21 Å². The van der Waals surface area contributed by atoms with Crippen molar-refractivity contribution in [2.75, 3.05) is 5.73 Å². The van der Waals surface area contributed by atoms with Crippen LogP contribution in [-0.4, -0.2) is 9.19 Å². The summed E-state index contributed by atoms with van der Waals surface area (Å²) in [6.07, 6.45) is 3.01. The molecule has 6 heteroatoms. The second-order valence-electron chi connectivity index (χ2n) is 3.82. The second-order valence-corrected chi connectivity index (χ2v) is 5.65. The molecule has 0 aliphatic rings. The molecule has 2 aromatic rings. The molecule has 19 heavy (non-hydrogen) atoms. The first-order valence-electron chi connectivity index (χ1n) is 5.38. The van der Waals surface area contributed by atoms with Crippen molar-refractivity contribution in [3.8, 4) is 6.07 Å². The molecule has 1 aromatic carbocycles. The van der Waals surface area contributed by atoms with Crippen molar-refractivity contribution in [2.45, 2.75) is 10.6 Å². The monoisotopic (exact) mass is 291 g/mol. The third-order valence-electron chi connectivity index (χ3n) is 2.52. The fourth-order valence-corrected chi connectivity index (χ4v) is 3.10. The Labute approximate surface area is 118 Å². The Hall–Kier alpha value is -1.90. The van der Waals surface area contributed by atoms with Crippen LogP contribution in [0.1, 0.15) is 11.1 Å². The zero-order valence-corrected chi connectivity index (χ0v) is 11.4. The van der Waals surface area contributed by atoms with Gasteiger partial charge >= 0.3 is 0 Å². The Bertz CT molecular complexity index is 682. The van der Waals surface area contributed by atoms with Crippen molar-refractivity contribution >= 4 is 28.1 Å². The van der Waals surface area contributed by atoms with Crippen LogP contribution >= 0.6 is 11.6 Å². The van der Waals surface area contributed by atoms with Crippen LogP contribution in [0.15, 0.2) is 41.6 Å². The molecule has 0 aliphatic heterocycles. The Kier molecular flexibility index (Phi) is 4.15. The number of hydrogen-bond acceptors (Lipinski definition) is 4. The van der Waals surface area contributed by atoms with Crippen LogP contribution < -0.4 is 5.73 Å². The van der Waals surface area contributed by atoms with E-state index in [4.69, 9.17) is 22.6 Å². The topological polar surface area (TPSA) is 79.8 Å². The highest BCUT2D eigenvalue weighted by molar-refractivity contribution is 7.84. The average Bonchev–Trinajstić information content (AvgIpc) is 2.41. The maximum atomic E-state index is 12.2. The van der Waals surface area contributed by atoms with Gasteiger partial charge in [-0.3, -0.25) is 9.19 Å². The van der Waals surface area contributed by atoms with Gasteiger partial charge in [0.25, 0.3) is 0 Å². The van der Waals surface area contributed by atoms with Crippen LogP contribution in [0.25, 0.3) is 0 Å². The predicted octanol–water partition coefficient (Wildman–Crippen LogP) is 2.50. The number of hydrogen-bond donors (Lipinski definition) is 1. The number of pyridine rings is 1. The van der Waals surface area contributed by atoms with Gasteiger partial charge < -0.3 is 5.73 Å². The van der Waals surface area contributed by atoms with Gasteiger partial charge in [0.05, 0.1) is 45.0 Å². The molecule has 96 valence electrons. The lowest BCUT2D eigenvalue weighted by Gasteiger charge is -2.07. The summed E-state index contributed by atoms with van der Waals surface area (Å²) in [6, 6.07) is 8.54. The molecule has 1 aromatic heterocycles. The normalized spacial score (nSPS) is 11.8. The van der Waals surface area contributed by atoms with Gasteiger partial charge in [-0.2, -0.15) is 5.26 Å². The maximum Gasteiger partial charge on any atom is 0.0992 e. The summed E-state index contributed by atoms with van der Waals surface area (Å²) >= 11 is 6.05. The summed E-state index contributed by atoms with van der Waals surface area (Å²) in [6.45, 7) is 0. The molecule has 0 bridgehead atoms. The van der Waals surface area contributed by atoms with Crippen molar-refractivity contribution in [1.82, 2.24) is 4.98 Å². The first kappa shape index (κ1) is 13.5. The lowest BCUT2D eigenvalue weighted by molar-refractivity contribution is 0.683. The predicted molar refractivity (Wildman–Crippen MR) is 74.9 cm³/mol. The summed E-state index contributed by atoms with van der Waals surface area (Å²) in [5.74, 6) is 0.249. The highest BCUT2D eigenvalue weighted by Gasteiger charge is 2.11. The molecule has 0 saturated heterocycles. The zero-order valence-electron chi connectivity index (χ0n) is 9.84. The number of rotatable bonds is 3. The third-order valence-corrected chi connectivity index (χ3v) is 4.31. The summed E-state index contributed by atoms with van der Waals surface area (Å²) in [7, 11) is -1.30. The minimum Gasteiger partial charge on any atom is -0.396 e. The van der Waals surface area contributed by atoms with E-state index >= 15 is 0 Å². The Morgan fingerprint density at radius 2 is 2.21 bits per heavy atom. The minimum atomic E-state index is -1.30. The van der Waals surface area contributed by atoms with E-state index in [0.717, 1.165) is 5.56 Å². The molecule has 0 amide bonds. The molecule has 0 radical (unpaired) electrons.